The number of nitrogens with two attached hydrogens (primary N) is 1. The van der Waals surface area contributed by atoms with Gasteiger partial charge in [-0.15, -0.1) is 0 Å². The number of halogens is 3. The minimum Gasteiger partial charge on any atom is -0.480 e. The highest BCUT2D eigenvalue weighted by molar-refractivity contribution is 9.10. The first kappa shape index (κ1) is 27.3. The van der Waals surface area contributed by atoms with E-state index in [4.69, 9.17) is 34.3 Å². The van der Waals surface area contributed by atoms with Gasteiger partial charge in [-0.05, 0) is 36.2 Å². The number of nitrogens with one attached hydrogen (secondary N) is 3. The van der Waals surface area contributed by atoms with Crippen molar-refractivity contribution in [1.29, 1.82) is 5.41 Å². The lowest BCUT2D eigenvalue weighted by atomic mass is 10.1. The Labute approximate surface area is 213 Å². The number of amidine groups is 1. The predicted molar refractivity (Wildman–Crippen MR) is 132 cm³/mol. The number of carbonyl (C=O) groups excluding carboxylic acids is 3. The van der Waals surface area contributed by atoms with Crippen LogP contribution in [0.1, 0.15) is 39.1 Å². The fraction of sp³-hybridized carbons (Fsp3) is 0.227. The Morgan fingerprint density at radius 2 is 1.74 bits per heavy atom. The molecule has 0 heterocycles. The smallest absolute Gasteiger partial charge is 0.326 e. The van der Waals surface area contributed by atoms with Gasteiger partial charge in [-0.1, -0.05) is 51.3 Å². The molecule has 2 aromatic rings. The molecule has 2 amide bonds. The molecular weight excluding hydrogens is 551 g/mol. The third-order valence-electron chi connectivity index (χ3n) is 4.58. The second kappa shape index (κ2) is 12.5. The number of hydrogen-bond acceptors (Lipinski definition) is 5. The summed E-state index contributed by atoms with van der Waals surface area (Å²) in [5.74, 6) is -3.09. The first-order chi connectivity index (χ1) is 16.0. The molecule has 0 aliphatic rings. The number of carbonyl (C=O) groups is 4. The highest BCUT2D eigenvalue weighted by Crippen LogP contribution is 2.29. The van der Waals surface area contributed by atoms with Gasteiger partial charge in [-0.25, -0.2) is 4.79 Å². The maximum absolute atomic E-state index is 12.5. The SMILES string of the molecule is N=C(N)Cc1cccc(C(=O)NCC(=O)CC[C@H](NC(=O)c2c(Cl)cc(Br)cc2Cl)C(=O)O)c1. The van der Waals surface area contributed by atoms with Crippen molar-refractivity contribution in [3.63, 3.8) is 0 Å². The lowest BCUT2D eigenvalue weighted by Crippen LogP contribution is -2.41. The van der Waals surface area contributed by atoms with E-state index in [1.54, 1.807) is 24.3 Å². The monoisotopic (exact) mass is 570 g/mol. The second-order valence-corrected chi connectivity index (χ2v) is 9.00. The molecule has 0 fully saturated rings. The maximum Gasteiger partial charge on any atom is 0.326 e. The van der Waals surface area contributed by atoms with Crippen LogP contribution in [0.25, 0.3) is 0 Å². The zero-order valence-corrected chi connectivity index (χ0v) is 20.8. The second-order valence-electron chi connectivity index (χ2n) is 7.27. The summed E-state index contributed by atoms with van der Waals surface area (Å²) in [5.41, 5.74) is 6.26. The van der Waals surface area contributed by atoms with Crippen molar-refractivity contribution >= 4 is 68.5 Å². The molecule has 2 rings (SSSR count). The normalized spacial score (nSPS) is 11.4. The average Bonchev–Trinajstić information content (AvgIpc) is 2.73. The van der Waals surface area contributed by atoms with Crippen molar-refractivity contribution in [2.24, 2.45) is 5.73 Å². The Kier molecular flexibility index (Phi) is 10.0. The Morgan fingerprint density at radius 1 is 1.09 bits per heavy atom. The topological polar surface area (TPSA) is 162 Å². The van der Waals surface area contributed by atoms with Gasteiger partial charge in [0.2, 0.25) is 0 Å². The number of aliphatic carboxylic acids is 1. The van der Waals surface area contributed by atoms with Crippen LogP contribution < -0.4 is 16.4 Å². The molecule has 1 atom stereocenters. The van der Waals surface area contributed by atoms with Crippen LogP contribution in [0.4, 0.5) is 0 Å². The van der Waals surface area contributed by atoms with E-state index in [9.17, 15) is 24.3 Å². The van der Waals surface area contributed by atoms with Gasteiger partial charge in [0, 0.05) is 22.9 Å². The molecule has 9 nitrogen and oxygen atoms in total. The number of rotatable bonds is 11. The third kappa shape index (κ3) is 8.12. The molecular formula is C22H21BrCl2N4O5. The van der Waals surface area contributed by atoms with Crippen molar-refractivity contribution in [2.75, 3.05) is 6.54 Å². The van der Waals surface area contributed by atoms with E-state index in [1.807, 2.05) is 0 Å². The first-order valence-electron chi connectivity index (χ1n) is 9.88. The van der Waals surface area contributed by atoms with Crippen LogP contribution in [-0.2, 0) is 16.0 Å². The molecule has 12 heteroatoms. The summed E-state index contributed by atoms with van der Waals surface area (Å²) in [5, 5.41) is 21.6. The third-order valence-corrected chi connectivity index (χ3v) is 5.63. The highest BCUT2D eigenvalue weighted by Gasteiger charge is 2.24. The number of Topliss-reactive ketones (excluding diaryl/α,β-unsaturated/α-hetero) is 1. The number of ketones is 1. The van der Waals surface area contributed by atoms with Crippen LogP contribution in [0.15, 0.2) is 40.9 Å². The molecule has 6 N–H and O–H groups in total. The van der Waals surface area contributed by atoms with E-state index in [2.05, 4.69) is 26.6 Å². The van der Waals surface area contributed by atoms with E-state index < -0.39 is 29.6 Å². The van der Waals surface area contributed by atoms with Crippen LogP contribution in [0.3, 0.4) is 0 Å². The van der Waals surface area contributed by atoms with Crippen molar-refractivity contribution in [3.8, 4) is 0 Å². The molecule has 0 aliphatic carbocycles. The minimum atomic E-state index is -1.37. The van der Waals surface area contributed by atoms with Gasteiger partial charge in [-0.2, -0.15) is 0 Å². The molecule has 0 unspecified atom stereocenters. The molecule has 0 spiro atoms. The van der Waals surface area contributed by atoms with Gasteiger partial charge in [0.25, 0.3) is 11.8 Å². The van der Waals surface area contributed by atoms with Crippen molar-refractivity contribution in [1.82, 2.24) is 10.6 Å². The van der Waals surface area contributed by atoms with Gasteiger partial charge in [0.1, 0.15) is 6.04 Å². The van der Waals surface area contributed by atoms with E-state index in [1.165, 1.54) is 12.1 Å². The quantitative estimate of drug-likeness (QED) is 0.205. The van der Waals surface area contributed by atoms with Crippen LogP contribution in [0.2, 0.25) is 10.0 Å². The lowest BCUT2D eigenvalue weighted by molar-refractivity contribution is -0.139. The molecule has 0 saturated carbocycles. The maximum atomic E-state index is 12.5. The van der Waals surface area contributed by atoms with Crippen LogP contribution in [-0.4, -0.2) is 47.1 Å². The molecule has 0 bridgehead atoms. The molecule has 0 aliphatic heterocycles. The molecule has 0 saturated heterocycles. The first-order valence-corrected chi connectivity index (χ1v) is 11.4. The lowest BCUT2D eigenvalue weighted by Gasteiger charge is -2.16. The van der Waals surface area contributed by atoms with Crippen molar-refractivity contribution in [2.45, 2.75) is 25.3 Å². The zero-order valence-electron chi connectivity index (χ0n) is 17.7. The molecule has 2 aromatic carbocycles. The van der Waals surface area contributed by atoms with Gasteiger partial charge in [-0.3, -0.25) is 19.8 Å². The number of carboxylic acids is 1. The predicted octanol–water partition coefficient (Wildman–Crippen LogP) is 3.20. The molecule has 180 valence electrons. The number of hydrogen-bond donors (Lipinski definition) is 5. The Morgan fingerprint density at radius 3 is 2.32 bits per heavy atom. The van der Waals surface area contributed by atoms with Gasteiger partial charge in [0.15, 0.2) is 5.78 Å². The van der Waals surface area contributed by atoms with Crippen molar-refractivity contribution in [3.05, 3.63) is 67.6 Å². The largest absolute Gasteiger partial charge is 0.480 e. The summed E-state index contributed by atoms with van der Waals surface area (Å²) in [6.07, 6.45) is -0.210. The van der Waals surface area contributed by atoms with E-state index in [0.29, 0.717) is 15.6 Å². The van der Waals surface area contributed by atoms with Gasteiger partial charge >= 0.3 is 5.97 Å². The number of benzene rings is 2. The van der Waals surface area contributed by atoms with Crippen LogP contribution in [0.5, 0.6) is 0 Å². The van der Waals surface area contributed by atoms with Gasteiger partial charge < -0.3 is 21.5 Å². The summed E-state index contributed by atoms with van der Waals surface area (Å²) < 4.78 is 0.548. The zero-order chi connectivity index (χ0) is 25.4. The van der Waals surface area contributed by atoms with Crippen LogP contribution in [0, 0.1) is 5.41 Å². The van der Waals surface area contributed by atoms with E-state index in [0.717, 1.165) is 0 Å². The summed E-state index contributed by atoms with van der Waals surface area (Å²) in [6, 6.07) is 8.00. The van der Waals surface area contributed by atoms with Gasteiger partial charge in [0.05, 0.1) is 28.0 Å². The standard InChI is InChI=1S/C22H21BrCl2N4O5/c23-13-8-15(24)19(16(25)9-13)21(32)29-17(22(33)34)5-4-14(30)10-28-20(31)12-3-1-2-11(6-12)7-18(26)27/h1-3,6,8-9,17H,4-5,7,10H2,(H3,26,27)(H,28,31)(H,29,32)(H,33,34)/t17-/m0/s1. The molecule has 0 radical (unpaired) electrons. The summed E-state index contributed by atoms with van der Waals surface area (Å²) in [7, 11) is 0. The fourth-order valence-electron chi connectivity index (χ4n) is 2.96. The number of amides is 2. The highest BCUT2D eigenvalue weighted by atomic mass is 79.9. The Hall–Kier alpha value is -2.95. The van der Waals surface area contributed by atoms with E-state index in [-0.39, 0.29) is 47.3 Å². The van der Waals surface area contributed by atoms with E-state index >= 15 is 0 Å². The summed E-state index contributed by atoms with van der Waals surface area (Å²) >= 11 is 15.3. The van der Waals surface area contributed by atoms with Crippen molar-refractivity contribution < 1.29 is 24.3 Å². The Balaban J connectivity index is 1.92. The summed E-state index contributed by atoms with van der Waals surface area (Å²) in [6.45, 7) is -0.319. The molecule has 0 aromatic heterocycles. The minimum absolute atomic E-state index is 0.0344. The van der Waals surface area contributed by atoms with Crippen LogP contribution >= 0.6 is 39.1 Å². The molecule has 34 heavy (non-hydrogen) atoms. The summed E-state index contributed by atoms with van der Waals surface area (Å²) in [4.78, 5) is 48.6. The fourth-order valence-corrected chi connectivity index (χ4v) is 4.34. The Bertz CT molecular complexity index is 1120. The average molecular weight is 572 g/mol. The number of carboxylic acid groups (broad SMARTS) is 1.